The van der Waals surface area contributed by atoms with E-state index in [1.54, 1.807) is 24.3 Å². The topological polar surface area (TPSA) is 80.8 Å². The molecule has 1 heterocycles. The molecular weight excluding hydrogens is 358 g/mol. The van der Waals surface area contributed by atoms with Crippen molar-refractivity contribution in [1.29, 1.82) is 0 Å². The monoisotopic (exact) mass is 383 g/mol. The van der Waals surface area contributed by atoms with Crippen LogP contribution in [0.2, 0.25) is 0 Å². The maximum atomic E-state index is 12.4. The third kappa shape index (κ3) is 3.48. The van der Waals surface area contributed by atoms with Gasteiger partial charge in [-0.25, -0.2) is 0 Å². The average Bonchev–Trinajstić information content (AvgIpc) is 2.92. The molecule has 6 nitrogen and oxygen atoms in total. The molecule has 2 atom stereocenters. The zero-order valence-corrected chi connectivity index (χ0v) is 15.9. The van der Waals surface area contributed by atoms with Gasteiger partial charge in [-0.2, -0.15) is 0 Å². The van der Waals surface area contributed by atoms with E-state index in [0.29, 0.717) is 49.1 Å². The zero-order chi connectivity index (χ0) is 19.7. The van der Waals surface area contributed by atoms with E-state index in [2.05, 4.69) is 0 Å². The molecule has 0 radical (unpaired) electrons. The number of hydrogen-bond acceptors (Lipinski definition) is 5. The summed E-state index contributed by atoms with van der Waals surface area (Å²) in [6, 6.07) is 6.84. The van der Waals surface area contributed by atoms with Crippen LogP contribution in [0.25, 0.3) is 0 Å². The molecule has 1 aromatic carbocycles. The van der Waals surface area contributed by atoms with Crippen LogP contribution in [0.1, 0.15) is 65.7 Å². The molecule has 0 saturated heterocycles. The predicted molar refractivity (Wildman–Crippen MR) is 101 cm³/mol. The number of carbonyl (C=O) groups excluding carboxylic acids is 4. The Morgan fingerprint density at radius 2 is 1.57 bits per heavy atom. The van der Waals surface area contributed by atoms with E-state index in [0.717, 1.165) is 19.3 Å². The van der Waals surface area contributed by atoms with Gasteiger partial charge < -0.3 is 4.74 Å². The van der Waals surface area contributed by atoms with E-state index < -0.39 is 0 Å². The molecular formula is C22H25NO5. The van der Waals surface area contributed by atoms with Crippen LogP contribution in [0.15, 0.2) is 24.3 Å². The number of imide groups is 1. The Hall–Kier alpha value is -2.50. The summed E-state index contributed by atoms with van der Waals surface area (Å²) in [5, 5.41) is 0. The second kappa shape index (κ2) is 7.86. The van der Waals surface area contributed by atoms with Crippen molar-refractivity contribution in [1.82, 2.24) is 4.90 Å². The largest absolute Gasteiger partial charge is 0.465 e. The molecule has 28 heavy (non-hydrogen) atoms. The van der Waals surface area contributed by atoms with Crippen molar-refractivity contribution in [2.45, 2.75) is 44.9 Å². The van der Waals surface area contributed by atoms with Gasteiger partial charge in [-0.1, -0.05) is 18.6 Å². The van der Waals surface area contributed by atoms with Gasteiger partial charge in [0.05, 0.1) is 23.7 Å². The van der Waals surface area contributed by atoms with Crippen molar-refractivity contribution in [3.8, 4) is 0 Å². The van der Waals surface area contributed by atoms with Crippen molar-refractivity contribution in [3.05, 3.63) is 35.4 Å². The molecule has 0 aromatic heterocycles. The van der Waals surface area contributed by atoms with Crippen molar-refractivity contribution in [2.75, 3.05) is 13.2 Å². The van der Waals surface area contributed by atoms with Crippen LogP contribution in [0.3, 0.4) is 0 Å². The normalized spacial score (nSPS) is 26.4. The van der Waals surface area contributed by atoms with Crippen LogP contribution >= 0.6 is 0 Å². The number of unbranched alkanes of at least 4 members (excludes halogenated alkanes) is 1. The SMILES string of the molecule is O=C(OCCCCN1C(=O)c2ccccc2C1=O)C1CC2CCCC(C1)C2=O. The average molecular weight is 383 g/mol. The molecule has 2 fully saturated rings. The van der Waals surface area contributed by atoms with Crippen molar-refractivity contribution < 1.29 is 23.9 Å². The number of fused-ring (bicyclic) bond motifs is 3. The Kier molecular flexibility index (Phi) is 5.29. The molecule has 4 rings (SSSR count). The standard InChI is InChI=1S/C22H25NO5/c24-19-14-6-5-7-15(19)13-16(12-14)22(27)28-11-4-3-10-23-20(25)17-8-1-2-9-18(17)21(23)26/h1-2,8-9,14-16H,3-7,10-13H2. The van der Waals surface area contributed by atoms with Gasteiger partial charge in [0, 0.05) is 18.4 Å². The number of benzene rings is 1. The summed E-state index contributed by atoms with van der Waals surface area (Å²) in [5.41, 5.74) is 0.910. The van der Waals surface area contributed by atoms with Gasteiger partial charge in [0.25, 0.3) is 11.8 Å². The third-order valence-electron chi connectivity index (χ3n) is 6.28. The minimum absolute atomic E-state index is 0.0406. The quantitative estimate of drug-likeness (QED) is 0.429. The number of nitrogens with zero attached hydrogens (tertiary/aromatic N) is 1. The number of rotatable bonds is 6. The second-order valence-electron chi connectivity index (χ2n) is 8.08. The van der Waals surface area contributed by atoms with E-state index in [4.69, 9.17) is 4.74 Å². The highest BCUT2D eigenvalue weighted by Crippen LogP contribution is 2.40. The fourth-order valence-electron chi connectivity index (χ4n) is 4.78. The van der Waals surface area contributed by atoms with Gasteiger partial charge in [0.15, 0.2) is 0 Å². The molecule has 1 aliphatic heterocycles. The highest BCUT2D eigenvalue weighted by molar-refractivity contribution is 6.21. The Labute approximate surface area is 164 Å². The second-order valence-corrected chi connectivity index (χ2v) is 8.08. The first kappa shape index (κ1) is 18.8. The lowest BCUT2D eigenvalue weighted by Gasteiger charge is -2.36. The highest BCUT2D eigenvalue weighted by atomic mass is 16.5. The van der Waals surface area contributed by atoms with Crippen LogP contribution in [-0.4, -0.2) is 41.6 Å². The maximum Gasteiger partial charge on any atom is 0.308 e. The van der Waals surface area contributed by atoms with Crippen LogP contribution < -0.4 is 0 Å². The zero-order valence-electron chi connectivity index (χ0n) is 15.9. The molecule has 0 N–H and O–H groups in total. The van der Waals surface area contributed by atoms with Crippen LogP contribution in [0.5, 0.6) is 0 Å². The lowest BCUT2D eigenvalue weighted by atomic mass is 9.67. The molecule has 0 spiro atoms. The number of amides is 2. The number of ketones is 1. The molecule has 2 bridgehead atoms. The summed E-state index contributed by atoms with van der Waals surface area (Å²) < 4.78 is 5.42. The van der Waals surface area contributed by atoms with E-state index >= 15 is 0 Å². The number of Topliss-reactive ketones (excluding diaryl/α,β-unsaturated/α-hetero) is 1. The molecule has 2 saturated carbocycles. The first-order valence-electron chi connectivity index (χ1n) is 10.2. The first-order valence-corrected chi connectivity index (χ1v) is 10.2. The van der Waals surface area contributed by atoms with Crippen molar-refractivity contribution in [3.63, 3.8) is 0 Å². The Bertz CT molecular complexity index is 766. The minimum Gasteiger partial charge on any atom is -0.465 e. The van der Waals surface area contributed by atoms with Gasteiger partial charge in [0.1, 0.15) is 5.78 Å². The summed E-state index contributed by atoms with van der Waals surface area (Å²) in [5.74, 6) is -0.449. The van der Waals surface area contributed by atoms with Crippen molar-refractivity contribution in [2.24, 2.45) is 17.8 Å². The molecule has 2 unspecified atom stereocenters. The summed E-state index contributed by atoms with van der Waals surface area (Å²) in [7, 11) is 0. The lowest BCUT2D eigenvalue weighted by molar-refractivity contribution is -0.153. The van der Waals surface area contributed by atoms with Gasteiger partial charge in [-0.3, -0.25) is 24.1 Å². The van der Waals surface area contributed by atoms with Gasteiger partial charge in [0.2, 0.25) is 0 Å². The van der Waals surface area contributed by atoms with E-state index in [1.165, 1.54) is 4.90 Å². The fraction of sp³-hybridized carbons (Fsp3) is 0.545. The number of esters is 1. The smallest absolute Gasteiger partial charge is 0.308 e. The fourth-order valence-corrected chi connectivity index (χ4v) is 4.78. The number of hydrogen-bond donors (Lipinski definition) is 0. The predicted octanol–water partition coefficient (Wildman–Crippen LogP) is 3.00. The third-order valence-corrected chi connectivity index (χ3v) is 6.28. The van der Waals surface area contributed by atoms with Gasteiger partial charge in [-0.15, -0.1) is 0 Å². The summed E-state index contributed by atoms with van der Waals surface area (Å²) in [4.78, 5) is 50.3. The van der Waals surface area contributed by atoms with Gasteiger partial charge in [-0.05, 0) is 50.7 Å². The molecule has 6 heteroatoms. The number of carbonyl (C=O) groups is 4. The Morgan fingerprint density at radius 1 is 0.964 bits per heavy atom. The molecule has 148 valence electrons. The Morgan fingerprint density at radius 3 is 2.18 bits per heavy atom. The summed E-state index contributed by atoms with van der Waals surface area (Å²) in [6.45, 7) is 0.605. The van der Waals surface area contributed by atoms with Gasteiger partial charge >= 0.3 is 5.97 Å². The minimum atomic E-state index is -0.254. The molecule has 2 amide bonds. The van der Waals surface area contributed by atoms with E-state index in [9.17, 15) is 19.2 Å². The van der Waals surface area contributed by atoms with E-state index in [1.807, 2.05) is 0 Å². The summed E-state index contributed by atoms with van der Waals surface area (Å²) in [6.07, 6.45) is 5.33. The molecule has 3 aliphatic rings. The first-order chi connectivity index (χ1) is 13.6. The summed E-state index contributed by atoms with van der Waals surface area (Å²) >= 11 is 0. The van der Waals surface area contributed by atoms with Crippen LogP contribution in [-0.2, 0) is 14.3 Å². The molecule has 2 aliphatic carbocycles. The highest BCUT2D eigenvalue weighted by Gasteiger charge is 2.41. The lowest BCUT2D eigenvalue weighted by Crippen LogP contribution is -2.39. The van der Waals surface area contributed by atoms with Crippen LogP contribution in [0, 0.1) is 17.8 Å². The maximum absolute atomic E-state index is 12.4. The molecule has 1 aromatic rings. The number of ether oxygens (including phenoxy) is 1. The van der Waals surface area contributed by atoms with Crippen LogP contribution in [0.4, 0.5) is 0 Å². The Balaban J connectivity index is 1.20. The van der Waals surface area contributed by atoms with Crippen molar-refractivity contribution >= 4 is 23.6 Å². The van der Waals surface area contributed by atoms with E-state index in [-0.39, 0.29) is 42.1 Å².